The van der Waals surface area contributed by atoms with Crippen molar-refractivity contribution in [3.63, 3.8) is 0 Å². The van der Waals surface area contributed by atoms with E-state index in [1.54, 1.807) is 0 Å². The van der Waals surface area contributed by atoms with Crippen LogP contribution < -0.4 is 0 Å². The Hall–Kier alpha value is -0.160. The lowest BCUT2D eigenvalue weighted by Crippen LogP contribution is -1.96. The number of rotatable bonds is 1. The van der Waals surface area contributed by atoms with Crippen LogP contribution in [0.1, 0.15) is 5.56 Å². The topological polar surface area (TPSA) is 54.4 Å². The molecule has 78 valence electrons. The zero-order valence-corrected chi connectivity index (χ0v) is 9.97. The van der Waals surface area contributed by atoms with E-state index in [4.69, 9.17) is 33.9 Å². The molecule has 1 aromatic rings. The lowest BCUT2D eigenvalue weighted by Gasteiger charge is -2.08. The van der Waals surface area contributed by atoms with Crippen molar-refractivity contribution >= 4 is 42.9 Å². The number of hydrogen-bond donors (Lipinski definition) is 1. The first-order valence-electron chi connectivity index (χ1n) is 3.37. The Balaban J connectivity index is 3.74. The maximum atomic E-state index is 11.1. The summed E-state index contributed by atoms with van der Waals surface area (Å²) in [4.78, 5) is -0.448. The fourth-order valence-corrected chi connectivity index (χ4v) is 2.94. The predicted molar refractivity (Wildman–Crippen MR) is 55.9 cm³/mol. The first kappa shape index (κ1) is 11.9. The molecule has 0 bridgehead atoms. The number of benzene rings is 1. The van der Waals surface area contributed by atoms with Crippen molar-refractivity contribution in [2.24, 2.45) is 0 Å². The summed E-state index contributed by atoms with van der Waals surface area (Å²) in [6.45, 7) is 1.42. The summed E-state index contributed by atoms with van der Waals surface area (Å²) >= 11 is 11.2. The van der Waals surface area contributed by atoms with Gasteiger partial charge < -0.3 is 5.11 Å². The Morgan fingerprint density at radius 3 is 2.21 bits per heavy atom. The van der Waals surface area contributed by atoms with Gasteiger partial charge in [-0.3, -0.25) is 0 Å². The van der Waals surface area contributed by atoms with Gasteiger partial charge in [-0.05, 0) is 18.6 Å². The molecule has 1 N–H and O–H groups in total. The Kier molecular flexibility index (Phi) is 3.21. The van der Waals surface area contributed by atoms with E-state index >= 15 is 0 Å². The molecule has 0 radical (unpaired) electrons. The molecule has 7 heteroatoms. The molecule has 0 saturated carbocycles. The zero-order valence-electron chi connectivity index (χ0n) is 6.88. The molecule has 1 rings (SSSR count). The lowest BCUT2D eigenvalue weighted by molar-refractivity contribution is 0.459. The molecule has 0 aliphatic rings. The summed E-state index contributed by atoms with van der Waals surface area (Å²) in [5.74, 6) is -0.580. The molecule has 0 atom stereocenters. The molecule has 0 aliphatic heterocycles. The number of phenolic OH excluding ortho intramolecular Hbond substituents is 1. The fraction of sp³-hybridized carbons (Fsp3) is 0.143. The van der Waals surface area contributed by atoms with Crippen LogP contribution in [-0.2, 0) is 9.05 Å². The van der Waals surface area contributed by atoms with Gasteiger partial charge in [-0.1, -0.05) is 23.2 Å². The summed E-state index contributed by atoms with van der Waals surface area (Å²) in [6.07, 6.45) is 0. The molecule has 0 saturated heterocycles. The van der Waals surface area contributed by atoms with Crippen LogP contribution in [0.15, 0.2) is 11.0 Å². The van der Waals surface area contributed by atoms with E-state index in [9.17, 15) is 13.5 Å². The van der Waals surface area contributed by atoms with Crippen LogP contribution in [0.4, 0.5) is 0 Å². The Morgan fingerprint density at radius 1 is 1.29 bits per heavy atom. The highest BCUT2D eigenvalue weighted by molar-refractivity contribution is 8.13. The van der Waals surface area contributed by atoms with E-state index in [0.717, 1.165) is 0 Å². The van der Waals surface area contributed by atoms with Crippen LogP contribution in [0.2, 0.25) is 10.0 Å². The van der Waals surface area contributed by atoms with Gasteiger partial charge in [-0.2, -0.15) is 0 Å². The van der Waals surface area contributed by atoms with Crippen LogP contribution >= 0.6 is 33.9 Å². The van der Waals surface area contributed by atoms with Crippen molar-refractivity contribution in [2.75, 3.05) is 0 Å². The van der Waals surface area contributed by atoms with Gasteiger partial charge in [-0.15, -0.1) is 0 Å². The molecule has 0 amide bonds. The van der Waals surface area contributed by atoms with Crippen LogP contribution in [0.3, 0.4) is 0 Å². The highest BCUT2D eigenvalue weighted by Crippen LogP contribution is 2.39. The Morgan fingerprint density at radius 2 is 1.79 bits per heavy atom. The highest BCUT2D eigenvalue weighted by Gasteiger charge is 2.23. The maximum Gasteiger partial charge on any atom is 0.265 e. The summed E-state index contributed by atoms with van der Waals surface area (Å²) < 4.78 is 22.1. The van der Waals surface area contributed by atoms with E-state index in [2.05, 4.69) is 0 Å². The molecular weight excluding hydrogens is 270 g/mol. The third-order valence-corrected chi connectivity index (χ3v) is 3.77. The molecule has 0 spiro atoms. The monoisotopic (exact) mass is 274 g/mol. The van der Waals surface area contributed by atoms with Crippen molar-refractivity contribution < 1.29 is 13.5 Å². The second-order valence-electron chi connectivity index (χ2n) is 2.58. The molecule has 1 aromatic carbocycles. The molecule has 0 unspecified atom stereocenters. The average Bonchev–Trinajstić information content (AvgIpc) is 1.98. The number of phenols is 1. The van der Waals surface area contributed by atoms with Crippen molar-refractivity contribution in [3.05, 3.63) is 21.7 Å². The lowest BCUT2D eigenvalue weighted by atomic mass is 10.2. The Bertz CT molecular complexity index is 455. The van der Waals surface area contributed by atoms with Crippen molar-refractivity contribution in [3.8, 4) is 5.75 Å². The number of halogens is 3. The molecule has 0 heterocycles. The smallest absolute Gasteiger partial charge is 0.265 e. The third kappa shape index (κ3) is 2.08. The summed E-state index contributed by atoms with van der Waals surface area (Å²) in [6, 6.07) is 1.25. The minimum Gasteiger partial charge on any atom is -0.505 e. The first-order valence-corrected chi connectivity index (χ1v) is 6.44. The van der Waals surface area contributed by atoms with E-state index in [1.165, 1.54) is 13.0 Å². The average molecular weight is 276 g/mol. The Labute approximate surface area is 95.6 Å². The van der Waals surface area contributed by atoms with Gasteiger partial charge in [0.05, 0.1) is 5.02 Å². The second kappa shape index (κ2) is 3.77. The van der Waals surface area contributed by atoms with E-state index in [0.29, 0.717) is 0 Å². The van der Waals surface area contributed by atoms with Crippen molar-refractivity contribution in [1.29, 1.82) is 0 Å². The van der Waals surface area contributed by atoms with E-state index in [-0.39, 0.29) is 15.6 Å². The molecule has 0 fully saturated rings. The minimum absolute atomic E-state index is 0.132. The molecule has 0 aliphatic carbocycles. The second-order valence-corrected chi connectivity index (χ2v) is 5.90. The van der Waals surface area contributed by atoms with Crippen molar-refractivity contribution in [2.45, 2.75) is 11.8 Å². The van der Waals surface area contributed by atoms with Crippen molar-refractivity contribution in [1.82, 2.24) is 0 Å². The minimum atomic E-state index is -4.06. The molecule has 0 aromatic heterocycles. The summed E-state index contributed by atoms with van der Waals surface area (Å²) in [5.41, 5.74) is 0.170. The SMILES string of the molecule is Cc1c(Cl)cc(Cl)c(O)c1S(=O)(=O)Cl. The van der Waals surface area contributed by atoms with Gasteiger partial charge in [0.15, 0.2) is 5.75 Å². The molecule has 3 nitrogen and oxygen atoms in total. The molecule has 14 heavy (non-hydrogen) atoms. The van der Waals surface area contributed by atoms with Gasteiger partial charge >= 0.3 is 0 Å². The van der Waals surface area contributed by atoms with Gasteiger partial charge in [0, 0.05) is 15.7 Å². The molecular formula is C7H5Cl3O3S. The normalized spacial score (nSPS) is 11.7. The zero-order chi connectivity index (χ0) is 11.1. The maximum absolute atomic E-state index is 11.1. The van der Waals surface area contributed by atoms with Gasteiger partial charge in [0.2, 0.25) is 0 Å². The summed E-state index contributed by atoms with van der Waals surface area (Å²) in [5, 5.41) is 9.36. The van der Waals surface area contributed by atoms with Crippen LogP contribution in [0, 0.1) is 6.92 Å². The first-order chi connectivity index (χ1) is 6.25. The van der Waals surface area contributed by atoms with E-state index < -0.39 is 19.7 Å². The van der Waals surface area contributed by atoms with Crippen LogP contribution in [0.25, 0.3) is 0 Å². The van der Waals surface area contributed by atoms with E-state index in [1.807, 2.05) is 0 Å². The summed E-state index contributed by atoms with van der Waals surface area (Å²) in [7, 11) is 1.05. The standard InChI is InChI=1S/C7H5Cl3O3S/c1-3-4(8)2-5(9)6(11)7(3)14(10,12)13/h2,11H,1H3. The number of hydrogen-bond acceptors (Lipinski definition) is 3. The highest BCUT2D eigenvalue weighted by atomic mass is 35.7. The quantitative estimate of drug-likeness (QED) is 0.802. The van der Waals surface area contributed by atoms with Gasteiger partial charge in [0.1, 0.15) is 4.90 Å². The van der Waals surface area contributed by atoms with Crippen LogP contribution in [-0.4, -0.2) is 13.5 Å². The van der Waals surface area contributed by atoms with Gasteiger partial charge in [-0.25, -0.2) is 8.42 Å². The number of aromatic hydroxyl groups is 1. The van der Waals surface area contributed by atoms with Crippen LogP contribution in [0.5, 0.6) is 5.75 Å². The third-order valence-electron chi connectivity index (χ3n) is 1.64. The predicted octanol–water partition coefficient (Wildman–Crippen LogP) is 2.93. The fourth-order valence-electron chi connectivity index (χ4n) is 0.981. The largest absolute Gasteiger partial charge is 0.505 e. The van der Waals surface area contributed by atoms with Gasteiger partial charge in [0.25, 0.3) is 9.05 Å².